The maximum atomic E-state index is 14.1. The first kappa shape index (κ1) is 21.5. The molecule has 1 heterocycles. The first-order valence-electron chi connectivity index (χ1n) is 8.95. The highest BCUT2D eigenvalue weighted by Crippen LogP contribution is 2.34. The number of halogens is 2. The number of nitrogens with two attached hydrogens (primary N) is 1. The molecule has 0 spiro atoms. The molecule has 0 saturated carbocycles. The lowest BCUT2D eigenvalue weighted by atomic mass is 10.1. The molecule has 3 unspecified atom stereocenters. The minimum Gasteiger partial charge on any atom is -0.388 e. The quantitative estimate of drug-likeness (QED) is 0.518. The third kappa shape index (κ3) is 5.45. The van der Waals surface area contributed by atoms with Gasteiger partial charge in [0.05, 0.1) is 12.7 Å². The van der Waals surface area contributed by atoms with Crippen molar-refractivity contribution in [3.05, 3.63) is 64.9 Å². The summed E-state index contributed by atoms with van der Waals surface area (Å²) in [6, 6.07) is 13.8. The van der Waals surface area contributed by atoms with Gasteiger partial charge in [0.2, 0.25) is 0 Å². The fourth-order valence-electron chi connectivity index (χ4n) is 2.75. The molecule has 0 amide bonds. The average Bonchev–Trinajstić information content (AvgIpc) is 2.71. The number of ether oxygens (including phenoxy) is 3. The lowest BCUT2D eigenvalue weighted by Crippen LogP contribution is -2.45. The monoisotopic (exact) mass is 427 g/mol. The molecule has 0 bridgehead atoms. The van der Waals surface area contributed by atoms with E-state index in [2.05, 4.69) is 0 Å². The highest BCUT2D eigenvalue weighted by Gasteiger charge is 2.34. The Balaban J connectivity index is 1.67. The van der Waals surface area contributed by atoms with Crippen LogP contribution in [0.2, 0.25) is 5.02 Å². The molecule has 1 aliphatic heterocycles. The van der Waals surface area contributed by atoms with Crippen LogP contribution in [0.25, 0.3) is 0 Å². The predicted molar refractivity (Wildman–Crippen MR) is 107 cm³/mol. The van der Waals surface area contributed by atoms with Gasteiger partial charge in [-0.25, -0.2) is 4.39 Å². The average molecular weight is 428 g/mol. The number of aliphatic hydroxyl groups is 1. The summed E-state index contributed by atoms with van der Waals surface area (Å²) in [5.74, 6) is -0.444. The third-order valence-corrected chi connectivity index (χ3v) is 5.81. The summed E-state index contributed by atoms with van der Waals surface area (Å²) in [7, 11) is 0. The Hall–Kier alpha value is -1.19. The standard InChI is InChI=1S/C20H23ClFNO4S/c1-12-17(11-25-19(26-12)13-5-3-2-4-6-13)27-20(16(24)10-23)28-18-9-14(21)7-8-15(18)22/h2-9,12,16-17,19-20,24H,10-11,23H2,1H3/t12-,16+,17?,19?,20?/m1/s1. The van der Waals surface area contributed by atoms with Crippen LogP contribution in [0.3, 0.4) is 0 Å². The lowest BCUT2D eigenvalue weighted by Gasteiger charge is -2.37. The number of aliphatic hydroxyl groups excluding tert-OH is 1. The van der Waals surface area contributed by atoms with Crippen LogP contribution in [-0.4, -0.2) is 42.0 Å². The van der Waals surface area contributed by atoms with Crippen LogP contribution < -0.4 is 5.73 Å². The highest BCUT2D eigenvalue weighted by atomic mass is 35.5. The molecule has 5 atom stereocenters. The summed E-state index contributed by atoms with van der Waals surface area (Å²) >= 11 is 6.99. The molecule has 3 N–H and O–H groups in total. The van der Waals surface area contributed by atoms with Gasteiger partial charge in [-0.2, -0.15) is 0 Å². The zero-order valence-electron chi connectivity index (χ0n) is 15.3. The van der Waals surface area contributed by atoms with E-state index in [1.807, 2.05) is 37.3 Å². The second-order valence-corrected chi connectivity index (χ2v) is 8.03. The molecule has 2 aromatic carbocycles. The van der Waals surface area contributed by atoms with Crippen LogP contribution in [0.5, 0.6) is 0 Å². The Morgan fingerprint density at radius 3 is 2.75 bits per heavy atom. The highest BCUT2D eigenvalue weighted by molar-refractivity contribution is 7.99. The number of hydrogen-bond donors (Lipinski definition) is 2. The maximum absolute atomic E-state index is 14.1. The number of benzene rings is 2. The first-order valence-corrected chi connectivity index (χ1v) is 10.2. The Labute approximate surface area is 172 Å². The molecule has 0 aromatic heterocycles. The lowest BCUT2D eigenvalue weighted by molar-refractivity contribution is -0.266. The Morgan fingerprint density at radius 2 is 2.07 bits per heavy atom. The van der Waals surface area contributed by atoms with Crippen LogP contribution in [-0.2, 0) is 14.2 Å². The molecule has 0 radical (unpaired) electrons. The van der Waals surface area contributed by atoms with E-state index in [0.29, 0.717) is 5.02 Å². The predicted octanol–water partition coefficient (Wildman–Crippen LogP) is 3.74. The van der Waals surface area contributed by atoms with Crippen LogP contribution in [0.1, 0.15) is 18.8 Å². The second-order valence-electron chi connectivity index (χ2n) is 6.46. The van der Waals surface area contributed by atoms with Gasteiger partial charge in [0, 0.05) is 22.0 Å². The number of rotatable bonds is 7. The summed E-state index contributed by atoms with van der Waals surface area (Å²) in [5.41, 5.74) is 5.72. The fourth-order valence-corrected chi connectivity index (χ4v) is 4.08. The first-order chi connectivity index (χ1) is 13.5. The fraction of sp³-hybridized carbons (Fsp3) is 0.400. The van der Waals surface area contributed by atoms with Gasteiger partial charge in [-0.05, 0) is 25.1 Å². The van der Waals surface area contributed by atoms with Crippen molar-refractivity contribution in [1.29, 1.82) is 0 Å². The van der Waals surface area contributed by atoms with E-state index >= 15 is 0 Å². The molecule has 1 fully saturated rings. The molecule has 28 heavy (non-hydrogen) atoms. The summed E-state index contributed by atoms with van der Waals surface area (Å²) in [6.07, 6.45) is -2.22. The zero-order chi connectivity index (χ0) is 20.1. The molecule has 1 aliphatic rings. The van der Waals surface area contributed by atoms with Gasteiger partial charge >= 0.3 is 0 Å². The number of thioether (sulfide) groups is 1. The van der Waals surface area contributed by atoms with Crippen LogP contribution in [0, 0.1) is 5.82 Å². The van der Waals surface area contributed by atoms with Crippen molar-refractivity contribution in [2.75, 3.05) is 13.2 Å². The van der Waals surface area contributed by atoms with Crippen molar-refractivity contribution in [1.82, 2.24) is 0 Å². The van der Waals surface area contributed by atoms with Gasteiger partial charge in [-0.1, -0.05) is 53.7 Å². The molecule has 5 nitrogen and oxygen atoms in total. The molecular formula is C20H23ClFNO4S. The zero-order valence-corrected chi connectivity index (χ0v) is 16.9. The van der Waals surface area contributed by atoms with Gasteiger partial charge < -0.3 is 25.1 Å². The van der Waals surface area contributed by atoms with Crippen molar-refractivity contribution < 1.29 is 23.7 Å². The van der Waals surface area contributed by atoms with Crippen LogP contribution in [0.15, 0.2) is 53.4 Å². The minimum atomic E-state index is -0.998. The van der Waals surface area contributed by atoms with Gasteiger partial charge in [0.1, 0.15) is 23.5 Å². The molecule has 8 heteroatoms. The third-order valence-electron chi connectivity index (χ3n) is 4.35. The maximum Gasteiger partial charge on any atom is 0.184 e. The number of hydrogen-bond acceptors (Lipinski definition) is 6. The minimum absolute atomic E-state index is 0.0324. The van der Waals surface area contributed by atoms with E-state index in [0.717, 1.165) is 17.3 Å². The van der Waals surface area contributed by atoms with E-state index in [1.165, 1.54) is 18.2 Å². The van der Waals surface area contributed by atoms with Crippen LogP contribution >= 0.6 is 23.4 Å². The van der Waals surface area contributed by atoms with E-state index in [1.54, 1.807) is 0 Å². The molecule has 0 aliphatic carbocycles. The summed E-state index contributed by atoms with van der Waals surface area (Å²) in [6.45, 7) is 2.11. The summed E-state index contributed by atoms with van der Waals surface area (Å²) in [5, 5.41) is 10.7. The van der Waals surface area contributed by atoms with E-state index in [4.69, 9.17) is 31.5 Å². The molecule has 3 rings (SSSR count). The Morgan fingerprint density at radius 1 is 1.32 bits per heavy atom. The van der Waals surface area contributed by atoms with Crippen molar-refractivity contribution in [3.63, 3.8) is 0 Å². The molecule has 2 aromatic rings. The van der Waals surface area contributed by atoms with Crippen molar-refractivity contribution >= 4 is 23.4 Å². The van der Waals surface area contributed by atoms with E-state index < -0.39 is 29.8 Å². The normalized spacial score (nSPS) is 24.7. The van der Waals surface area contributed by atoms with Crippen molar-refractivity contribution in [2.24, 2.45) is 5.73 Å². The smallest absolute Gasteiger partial charge is 0.184 e. The summed E-state index contributed by atoms with van der Waals surface area (Å²) < 4.78 is 31.8. The SMILES string of the molecule is C[C@H]1OC(c2ccccc2)OCC1OC(Sc1cc(Cl)ccc1F)[C@@H](O)CN. The van der Waals surface area contributed by atoms with Gasteiger partial charge in [0.25, 0.3) is 0 Å². The Bertz CT molecular complexity index is 769. The molecule has 1 saturated heterocycles. The van der Waals surface area contributed by atoms with Gasteiger partial charge in [-0.15, -0.1) is 0 Å². The largest absolute Gasteiger partial charge is 0.388 e. The van der Waals surface area contributed by atoms with Gasteiger partial charge in [0.15, 0.2) is 6.29 Å². The van der Waals surface area contributed by atoms with E-state index in [9.17, 15) is 9.50 Å². The van der Waals surface area contributed by atoms with Crippen molar-refractivity contribution in [3.8, 4) is 0 Å². The topological polar surface area (TPSA) is 73.9 Å². The Kier molecular flexibility index (Phi) is 7.70. The van der Waals surface area contributed by atoms with Crippen LogP contribution in [0.4, 0.5) is 4.39 Å². The van der Waals surface area contributed by atoms with Gasteiger partial charge in [-0.3, -0.25) is 0 Å². The second kappa shape index (κ2) is 10.0. The molecule has 152 valence electrons. The summed E-state index contributed by atoms with van der Waals surface area (Å²) in [4.78, 5) is 0.275. The molecular weight excluding hydrogens is 405 g/mol. The van der Waals surface area contributed by atoms with Crippen molar-refractivity contribution in [2.45, 2.75) is 41.9 Å². The van der Waals surface area contributed by atoms with E-state index in [-0.39, 0.29) is 24.2 Å².